The van der Waals surface area contributed by atoms with Gasteiger partial charge in [0, 0.05) is 18.6 Å². The zero-order valence-electron chi connectivity index (χ0n) is 14.4. The lowest BCUT2D eigenvalue weighted by Crippen LogP contribution is -2.48. The summed E-state index contributed by atoms with van der Waals surface area (Å²) < 4.78 is 30.3. The number of carbonyl (C=O) groups is 1. The first-order valence-electron chi connectivity index (χ1n) is 7.44. The van der Waals surface area contributed by atoms with Crippen LogP contribution >= 0.6 is 0 Å². The molecule has 0 radical (unpaired) electrons. The third kappa shape index (κ3) is 7.00. The van der Waals surface area contributed by atoms with E-state index < -0.39 is 15.6 Å². The van der Waals surface area contributed by atoms with Gasteiger partial charge in [-0.05, 0) is 39.8 Å². The van der Waals surface area contributed by atoms with Gasteiger partial charge in [-0.3, -0.25) is 4.79 Å². The molecule has 7 heteroatoms. The molecule has 1 aromatic carbocycles. The van der Waals surface area contributed by atoms with Gasteiger partial charge in [-0.2, -0.15) is 4.31 Å². The van der Waals surface area contributed by atoms with Gasteiger partial charge in [0.2, 0.25) is 10.0 Å². The number of ether oxygens (including phenoxy) is 1. The van der Waals surface area contributed by atoms with Crippen molar-refractivity contribution in [2.45, 2.75) is 33.2 Å². The SMILES string of the molecule is Cc1ccc(OCC(=O)NCCN(C(C)(C)C)S(C)(=O)=O)cc1. The first kappa shape index (κ1) is 19.4. The third-order valence-electron chi connectivity index (χ3n) is 3.18. The molecule has 0 saturated heterocycles. The fourth-order valence-corrected chi connectivity index (χ4v) is 3.55. The third-order valence-corrected chi connectivity index (χ3v) is 4.71. The van der Waals surface area contributed by atoms with Crippen molar-refractivity contribution in [1.29, 1.82) is 0 Å². The van der Waals surface area contributed by atoms with Gasteiger partial charge in [-0.15, -0.1) is 0 Å². The van der Waals surface area contributed by atoms with Crippen LogP contribution in [0.4, 0.5) is 0 Å². The summed E-state index contributed by atoms with van der Waals surface area (Å²) in [7, 11) is -3.33. The summed E-state index contributed by atoms with van der Waals surface area (Å²) in [6, 6.07) is 7.41. The maximum atomic E-state index is 11.8. The highest BCUT2D eigenvalue weighted by Crippen LogP contribution is 2.16. The van der Waals surface area contributed by atoms with Crippen molar-refractivity contribution in [3.8, 4) is 5.75 Å². The highest BCUT2D eigenvalue weighted by Gasteiger charge is 2.28. The summed E-state index contributed by atoms with van der Waals surface area (Å²) in [6.45, 7) is 7.78. The minimum absolute atomic E-state index is 0.0997. The summed E-state index contributed by atoms with van der Waals surface area (Å²) in [5.41, 5.74) is 0.585. The van der Waals surface area contributed by atoms with E-state index in [-0.39, 0.29) is 25.6 Å². The second-order valence-electron chi connectivity index (χ2n) is 6.46. The molecule has 1 rings (SSSR count). The predicted molar refractivity (Wildman–Crippen MR) is 91.0 cm³/mol. The number of benzene rings is 1. The molecule has 0 fully saturated rings. The summed E-state index contributed by atoms with van der Waals surface area (Å²) >= 11 is 0. The van der Waals surface area contributed by atoms with Crippen molar-refractivity contribution in [3.63, 3.8) is 0 Å². The fraction of sp³-hybridized carbons (Fsp3) is 0.562. The Morgan fingerprint density at radius 2 is 1.78 bits per heavy atom. The average Bonchev–Trinajstić information content (AvgIpc) is 2.40. The molecular formula is C16H26N2O4S. The van der Waals surface area contributed by atoms with Crippen molar-refractivity contribution in [2.75, 3.05) is 26.0 Å². The maximum Gasteiger partial charge on any atom is 0.257 e. The summed E-state index contributed by atoms with van der Waals surface area (Å²) in [5.74, 6) is 0.339. The van der Waals surface area contributed by atoms with E-state index in [4.69, 9.17) is 4.74 Å². The lowest BCUT2D eigenvalue weighted by atomic mass is 10.1. The number of nitrogens with zero attached hydrogens (tertiary/aromatic N) is 1. The van der Waals surface area contributed by atoms with Crippen LogP contribution < -0.4 is 10.1 Å². The van der Waals surface area contributed by atoms with Gasteiger partial charge in [-0.1, -0.05) is 17.7 Å². The molecule has 0 unspecified atom stereocenters. The number of carbonyl (C=O) groups excluding carboxylic acids is 1. The van der Waals surface area contributed by atoms with Crippen LogP contribution in [0.2, 0.25) is 0 Å². The van der Waals surface area contributed by atoms with Gasteiger partial charge < -0.3 is 10.1 Å². The molecule has 0 aliphatic heterocycles. The standard InChI is InChI=1S/C16H26N2O4S/c1-13-6-8-14(9-7-13)22-12-15(19)17-10-11-18(16(2,3)4)23(5,20)21/h6-9H,10-12H2,1-5H3,(H,17,19). The molecule has 1 N–H and O–H groups in total. The molecule has 0 bridgehead atoms. The summed E-state index contributed by atoms with van der Waals surface area (Å²) in [4.78, 5) is 11.8. The van der Waals surface area contributed by atoms with Crippen molar-refractivity contribution in [1.82, 2.24) is 9.62 Å². The van der Waals surface area contributed by atoms with Crippen LogP contribution in [0.5, 0.6) is 5.75 Å². The maximum absolute atomic E-state index is 11.8. The van der Waals surface area contributed by atoms with Crippen molar-refractivity contribution in [2.24, 2.45) is 0 Å². The number of amides is 1. The van der Waals surface area contributed by atoms with Crippen LogP contribution in [-0.2, 0) is 14.8 Å². The molecule has 1 amide bonds. The van der Waals surface area contributed by atoms with Crippen LogP contribution in [0.15, 0.2) is 24.3 Å². The highest BCUT2D eigenvalue weighted by molar-refractivity contribution is 7.88. The lowest BCUT2D eigenvalue weighted by molar-refractivity contribution is -0.123. The Kier molecular flexibility index (Phi) is 6.58. The first-order chi connectivity index (χ1) is 10.5. The largest absolute Gasteiger partial charge is 0.484 e. The Bertz CT molecular complexity index is 618. The molecule has 0 spiro atoms. The average molecular weight is 342 g/mol. The number of nitrogens with one attached hydrogen (secondary N) is 1. The van der Waals surface area contributed by atoms with E-state index in [9.17, 15) is 13.2 Å². The van der Waals surface area contributed by atoms with E-state index in [0.29, 0.717) is 5.75 Å². The molecule has 23 heavy (non-hydrogen) atoms. The molecule has 0 aliphatic rings. The Balaban J connectivity index is 2.42. The van der Waals surface area contributed by atoms with E-state index in [1.165, 1.54) is 10.6 Å². The zero-order chi connectivity index (χ0) is 17.7. The van der Waals surface area contributed by atoms with E-state index in [1.807, 2.05) is 39.8 Å². The predicted octanol–water partition coefficient (Wildman–Crippen LogP) is 1.55. The van der Waals surface area contributed by atoms with Crippen LogP contribution in [0.25, 0.3) is 0 Å². The topological polar surface area (TPSA) is 75.7 Å². The second-order valence-corrected chi connectivity index (χ2v) is 8.36. The molecule has 1 aromatic rings. The number of hydrogen-bond donors (Lipinski definition) is 1. The Hall–Kier alpha value is -1.60. The van der Waals surface area contributed by atoms with Crippen molar-refractivity contribution < 1.29 is 17.9 Å². The minimum atomic E-state index is -3.33. The van der Waals surface area contributed by atoms with Crippen molar-refractivity contribution >= 4 is 15.9 Å². The van der Waals surface area contributed by atoms with Gasteiger partial charge in [0.1, 0.15) is 5.75 Å². The lowest BCUT2D eigenvalue weighted by Gasteiger charge is -2.33. The molecular weight excluding hydrogens is 316 g/mol. The molecule has 0 saturated carbocycles. The van der Waals surface area contributed by atoms with Gasteiger partial charge in [-0.25, -0.2) is 8.42 Å². The van der Waals surface area contributed by atoms with Gasteiger partial charge in [0.25, 0.3) is 5.91 Å². The Labute approximate surface area is 138 Å². The second kappa shape index (κ2) is 7.79. The minimum Gasteiger partial charge on any atom is -0.484 e. The molecule has 6 nitrogen and oxygen atoms in total. The summed E-state index contributed by atoms with van der Waals surface area (Å²) in [6.07, 6.45) is 1.17. The van der Waals surface area contributed by atoms with Crippen LogP contribution in [0.1, 0.15) is 26.3 Å². The smallest absolute Gasteiger partial charge is 0.257 e. The van der Waals surface area contributed by atoms with Gasteiger partial charge in [0.05, 0.1) is 6.26 Å². The first-order valence-corrected chi connectivity index (χ1v) is 9.29. The molecule has 0 aromatic heterocycles. The molecule has 0 heterocycles. The van der Waals surface area contributed by atoms with Crippen LogP contribution in [-0.4, -0.2) is 50.1 Å². The highest BCUT2D eigenvalue weighted by atomic mass is 32.2. The monoisotopic (exact) mass is 342 g/mol. The van der Waals surface area contributed by atoms with E-state index in [0.717, 1.165) is 5.56 Å². The van der Waals surface area contributed by atoms with Gasteiger partial charge in [0.15, 0.2) is 6.61 Å². The normalized spacial score (nSPS) is 12.3. The molecule has 0 aliphatic carbocycles. The van der Waals surface area contributed by atoms with Gasteiger partial charge >= 0.3 is 0 Å². The fourth-order valence-electron chi connectivity index (χ4n) is 2.13. The number of sulfonamides is 1. The number of rotatable bonds is 7. The van der Waals surface area contributed by atoms with Crippen LogP contribution in [0, 0.1) is 6.92 Å². The quantitative estimate of drug-likeness (QED) is 0.816. The Morgan fingerprint density at radius 3 is 2.26 bits per heavy atom. The number of hydrogen-bond acceptors (Lipinski definition) is 4. The summed E-state index contributed by atoms with van der Waals surface area (Å²) in [5, 5.41) is 2.67. The molecule has 130 valence electrons. The Morgan fingerprint density at radius 1 is 1.22 bits per heavy atom. The zero-order valence-corrected chi connectivity index (χ0v) is 15.2. The number of aryl methyl sites for hydroxylation is 1. The van der Waals surface area contributed by atoms with Crippen LogP contribution in [0.3, 0.4) is 0 Å². The van der Waals surface area contributed by atoms with E-state index in [2.05, 4.69) is 5.32 Å². The van der Waals surface area contributed by atoms with E-state index >= 15 is 0 Å². The van der Waals surface area contributed by atoms with Crippen molar-refractivity contribution in [3.05, 3.63) is 29.8 Å². The molecule has 0 atom stereocenters. The van der Waals surface area contributed by atoms with E-state index in [1.54, 1.807) is 12.1 Å².